The molecule has 0 fully saturated rings. The van der Waals surface area contributed by atoms with Gasteiger partial charge in [0.25, 0.3) is 0 Å². The fourth-order valence-electron chi connectivity index (χ4n) is 1.66. The van der Waals surface area contributed by atoms with Gasteiger partial charge in [0.1, 0.15) is 0 Å². The summed E-state index contributed by atoms with van der Waals surface area (Å²) < 4.78 is 0. The zero-order chi connectivity index (χ0) is 12.1. The average molecular weight is 334 g/mol. The first-order valence-electron chi connectivity index (χ1n) is 6.64. The first-order valence-corrected chi connectivity index (χ1v) is 6.64. The Balaban J connectivity index is 0. The van der Waals surface area contributed by atoms with Crippen LogP contribution in [0.15, 0.2) is 12.2 Å². The number of hydrogen-bond donors (Lipinski definition) is 1. The molecule has 0 saturated heterocycles. The Bertz CT molecular complexity index is 191. The zero-order valence-electron chi connectivity index (χ0n) is 10.9. The second kappa shape index (κ2) is 16.0. The van der Waals surface area contributed by atoms with Crippen molar-refractivity contribution in [3.8, 4) is 0 Å². The van der Waals surface area contributed by atoms with Gasteiger partial charge in [0.05, 0.1) is 0 Å². The largest absolute Gasteiger partial charge is 0.481 e. The molecule has 2 nitrogen and oxygen atoms in total. The number of carbonyl (C=O) groups is 1. The zero-order valence-corrected chi connectivity index (χ0v) is 12.4. The minimum Gasteiger partial charge on any atom is -0.481 e. The molecule has 0 spiro atoms. The van der Waals surface area contributed by atoms with Gasteiger partial charge in [0.15, 0.2) is 0 Å². The van der Waals surface area contributed by atoms with Gasteiger partial charge in [-0.3, -0.25) is 4.79 Å². The Labute approximate surface area is 121 Å². The van der Waals surface area contributed by atoms with Gasteiger partial charge in [-0.1, -0.05) is 57.6 Å². The van der Waals surface area contributed by atoms with Crippen LogP contribution >= 0.6 is 0 Å². The van der Waals surface area contributed by atoms with E-state index < -0.39 is 5.97 Å². The summed E-state index contributed by atoms with van der Waals surface area (Å²) in [5.74, 6) is -0.708. The van der Waals surface area contributed by atoms with Crippen molar-refractivity contribution < 1.29 is 32.3 Å². The molecule has 105 valence electrons. The first-order chi connectivity index (χ1) is 7.77. The molecule has 3 heteroatoms. The van der Waals surface area contributed by atoms with Crippen LogP contribution in [-0.2, 0) is 27.2 Å². The van der Waals surface area contributed by atoms with Crippen LogP contribution in [-0.4, -0.2) is 11.1 Å². The molecule has 0 atom stereocenters. The molecule has 0 saturated carbocycles. The third kappa shape index (κ3) is 18.5. The quantitative estimate of drug-likeness (QED) is 0.342. The minimum atomic E-state index is -0.708. The monoisotopic (exact) mass is 333 g/mol. The van der Waals surface area contributed by atoms with E-state index in [2.05, 4.69) is 13.0 Å². The molecule has 0 aliphatic rings. The molecule has 0 aliphatic heterocycles. The maximum absolute atomic E-state index is 10.2. The maximum atomic E-state index is 10.2. The molecule has 0 aliphatic carbocycles. The summed E-state index contributed by atoms with van der Waals surface area (Å²) in [5.41, 5.74) is 0. The van der Waals surface area contributed by atoms with Crippen LogP contribution in [0.4, 0.5) is 0 Å². The third-order valence-corrected chi connectivity index (χ3v) is 2.67. The first kappa shape index (κ1) is 19.3. The van der Waals surface area contributed by atoms with Gasteiger partial charge in [-0.15, -0.1) is 0 Å². The number of carboxylic acid groups (broad SMARTS) is 1. The maximum Gasteiger partial charge on any atom is 0.303 e. The average Bonchev–Trinajstić information content (AvgIpc) is 2.25. The van der Waals surface area contributed by atoms with Gasteiger partial charge >= 0.3 is 5.97 Å². The SMILES string of the molecule is CCCCCCCCCC=CCCC(=O)O.[Ag]. The molecule has 0 amide bonds. The summed E-state index contributed by atoms with van der Waals surface area (Å²) in [6, 6.07) is 0. The smallest absolute Gasteiger partial charge is 0.303 e. The van der Waals surface area contributed by atoms with E-state index in [0.29, 0.717) is 6.42 Å². The number of unbranched alkanes of at least 4 members (excludes halogenated alkanes) is 7. The number of hydrogen-bond acceptors (Lipinski definition) is 1. The second-order valence-electron chi connectivity index (χ2n) is 4.31. The number of aliphatic carboxylic acids is 1. The molecule has 0 aromatic carbocycles. The molecule has 0 heterocycles. The van der Waals surface area contributed by atoms with Gasteiger partial charge in [-0.2, -0.15) is 0 Å². The Morgan fingerprint density at radius 1 is 0.941 bits per heavy atom. The number of carboxylic acids is 1. The van der Waals surface area contributed by atoms with Gasteiger partial charge in [-0.25, -0.2) is 0 Å². The Hall–Kier alpha value is -0.0497. The van der Waals surface area contributed by atoms with Crippen LogP contribution < -0.4 is 0 Å². The van der Waals surface area contributed by atoms with E-state index in [4.69, 9.17) is 5.11 Å². The van der Waals surface area contributed by atoms with E-state index in [1.807, 2.05) is 6.08 Å². The van der Waals surface area contributed by atoms with Crippen molar-refractivity contribution in [3.05, 3.63) is 12.2 Å². The van der Waals surface area contributed by atoms with Crippen LogP contribution in [0.5, 0.6) is 0 Å². The molecule has 0 aromatic heterocycles. The molecule has 1 radical (unpaired) electrons. The fraction of sp³-hybridized carbons (Fsp3) is 0.786. The van der Waals surface area contributed by atoms with E-state index in [1.165, 1.54) is 44.9 Å². The molecule has 0 aromatic rings. The summed E-state index contributed by atoms with van der Waals surface area (Å²) in [4.78, 5) is 10.2. The topological polar surface area (TPSA) is 37.3 Å². The summed E-state index contributed by atoms with van der Waals surface area (Å²) in [5, 5.41) is 8.42. The fourth-order valence-corrected chi connectivity index (χ4v) is 1.66. The van der Waals surface area contributed by atoms with Crippen molar-refractivity contribution in [2.24, 2.45) is 0 Å². The van der Waals surface area contributed by atoms with E-state index in [9.17, 15) is 4.79 Å². The van der Waals surface area contributed by atoms with Gasteiger partial charge < -0.3 is 5.11 Å². The molecule has 1 N–H and O–H groups in total. The molecular weight excluding hydrogens is 308 g/mol. The number of rotatable bonds is 11. The second-order valence-corrected chi connectivity index (χ2v) is 4.31. The van der Waals surface area contributed by atoms with Crippen molar-refractivity contribution in [3.63, 3.8) is 0 Å². The minimum absolute atomic E-state index is 0. The van der Waals surface area contributed by atoms with Crippen LogP contribution in [0.25, 0.3) is 0 Å². The molecule has 0 rings (SSSR count). The van der Waals surface area contributed by atoms with Crippen LogP contribution in [0.3, 0.4) is 0 Å². The summed E-state index contributed by atoms with van der Waals surface area (Å²) in [7, 11) is 0. The Morgan fingerprint density at radius 3 is 2.06 bits per heavy atom. The van der Waals surface area contributed by atoms with Crippen molar-refractivity contribution in [2.75, 3.05) is 0 Å². The van der Waals surface area contributed by atoms with Crippen LogP contribution in [0, 0.1) is 0 Å². The summed E-state index contributed by atoms with van der Waals surface area (Å²) in [6.07, 6.45) is 15.5. The molecular formula is C14H26AgO2. The van der Waals surface area contributed by atoms with E-state index in [0.717, 1.165) is 6.42 Å². The van der Waals surface area contributed by atoms with Crippen LogP contribution in [0.2, 0.25) is 0 Å². The van der Waals surface area contributed by atoms with Crippen molar-refractivity contribution in [2.45, 2.75) is 71.1 Å². The standard InChI is InChI=1S/C14H26O2.Ag/c1-2-3-4-5-6-7-8-9-10-11-12-13-14(15)16;/h10-11H,2-9,12-13H2,1H3,(H,15,16);. The van der Waals surface area contributed by atoms with Crippen molar-refractivity contribution in [1.82, 2.24) is 0 Å². The van der Waals surface area contributed by atoms with Gasteiger partial charge in [0, 0.05) is 28.8 Å². The number of allylic oxidation sites excluding steroid dienone is 2. The van der Waals surface area contributed by atoms with Crippen molar-refractivity contribution in [1.29, 1.82) is 0 Å². The molecule has 0 unspecified atom stereocenters. The normalized spacial score (nSPS) is 10.4. The molecule has 17 heavy (non-hydrogen) atoms. The predicted molar refractivity (Wildman–Crippen MR) is 68.6 cm³/mol. The third-order valence-electron chi connectivity index (χ3n) is 2.67. The van der Waals surface area contributed by atoms with Gasteiger partial charge in [0.2, 0.25) is 0 Å². The predicted octanol–water partition coefficient (Wildman–Crippen LogP) is 4.55. The Morgan fingerprint density at radius 2 is 1.47 bits per heavy atom. The summed E-state index contributed by atoms with van der Waals surface area (Å²) in [6.45, 7) is 2.24. The molecule has 0 bridgehead atoms. The van der Waals surface area contributed by atoms with Crippen molar-refractivity contribution >= 4 is 5.97 Å². The van der Waals surface area contributed by atoms with Gasteiger partial charge in [-0.05, 0) is 19.3 Å². The van der Waals surface area contributed by atoms with E-state index in [-0.39, 0.29) is 28.8 Å². The van der Waals surface area contributed by atoms with E-state index >= 15 is 0 Å². The summed E-state index contributed by atoms with van der Waals surface area (Å²) >= 11 is 0. The van der Waals surface area contributed by atoms with E-state index in [1.54, 1.807) is 0 Å². The van der Waals surface area contributed by atoms with Crippen LogP contribution in [0.1, 0.15) is 71.1 Å². The Kier molecular flexibility index (Phi) is 18.1.